The van der Waals surface area contributed by atoms with Gasteiger partial charge in [-0.2, -0.15) is 0 Å². The molecule has 0 saturated heterocycles. The van der Waals surface area contributed by atoms with Crippen molar-refractivity contribution in [2.75, 3.05) is 5.75 Å². The van der Waals surface area contributed by atoms with Crippen LogP contribution in [0.4, 0.5) is 0 Å². The molecule has 1 aromatic rings. The summed E-state index contributed by atoms with van der Waals surface area (Å²) in [6, 6.07) is 8.12. The van der Waals surface area contributed by atoms with Crippen LogP contribution in [-0.4, -0.2) is 25.7 Å². The normalized spacial score (nSPS) is 19.1. The van der Waals surface area contributed by atoms with E-state index in [0.29, 0.717) is 19.3 Å². The number of Topliss-reactive ketones (excluding diaryl/α,β-unsaturated/α-hetero) is 2. The standard InChI is InChI=1S/C15H18O4S/c1-15(13(16)8-5-9-14(15)17)10-11-20(18,19)12-6-3-2-4-7-12/h2-4,6-7H,5,8-11H2,1H3. The van der Waals surface area contributed by atoms with Gasteiger partial charge in [0.25, 0.3) is 0 Å². The number of hydrogen-bond donors (Lipinski definition) is 0. The minimum Gasteiger partial charge on any atom is -0.299 e. The number of rotatable bonds is 4. The van der Waals surface area contributed by atoms with E-state index in [1.807, 2.05) is 0 Å². The molecule has 2 rings (SSSR count). The highest BCUT2D eigenvalue weighted by Gasteiger charge is 2.42. The number of sulfone groups is 1. The van der Waals surface area contributed by atoms with Gasteiger partial charge in [-0.1, -0.05) is 18.2 Å². The van der Waals surface area contributed by atoms with Crippen molar-refractivity contribution >= 4 is 21.4 Å². The number of carbonyl (C=O) groups is 2. The molecule has 0 radical (unpaired) electrons. The summed E-state index contributed by atoms with van der Waals surface area (Å²) in [5.74, 6) is -0.431. The quantitative estimate of drug-likeness (QED) is 0.798. The smallest absolute Gasteiger partial charge is 0.178 e. The SMILES string of the molecule is CC1(CCS(=O)(=O)c2ccccc2)C(=O)CCCC1=O. The Kier molecular flexibility index (Phi) is 4.09. The third-order valence-electron chi connectivity index (χ3n) is 4.01. The van der Waals surface area contributed by atoms with Crippen LogP contribution in [0, 0.1) is 5.41 Å². The zero-order valence-electron chi connectivity index (χ0n) is 11.5. The van der Waals surface area contributed by atoms with Crippen LogP contribution in [0.25, 0.3) is 0 Å². The second-order valence-corrected chi connectivity index (χ2v) is 7.52. The maximum atomic E-state index is 12.2. The Morgan fingerprint density at radius 2 is 1.60 bits per heavy atom. The fourth-order valence-electron chi connectivity index (χ4n) is 2.48. The summed E-state index contributed by atoms with van der Waals surface area (Å²) in [5.41, 5.74) is -1.12. The maximum absolute atomic E-state index is 12.2. The molecular formula is C15H18O4S. The molecule has 1 aliphatic carbocycles. The highest BCUT2D eigenvalue weighted by atomic mass is 32.2. The highest BCUT2D eigenvalue weighted by Crippen LogP contribution is 2.33. The third-order valence-corrected chi connectivity index (χ3v) is 5.74. The number of benzene rings is 1. The van der Waals surface area contributed by atoms with Gasteiger partial charge in [0, 0.05) is 12.8 Å². The molecule has 0 amide bonds. The van der Waals surface area contributed by atoms with Crippen molar-refractivity contribution in [3.05, 3.63) is 30.3 Å². The molecule has 0 heterocycles. The van der Waals surface area contributed by atoms with Gasteiger partial charge in [0.15, 0.2) is 9.84 Å². The van der Waals surface area contributed by atoms with Crippen LogP contribution in [0.15, 0.2) is 35.2 Å². The average Bonchev–Trinajstić information content (AvgIpc) is 2.44. The van der Waals surface area contributed by atoms with Gasteiger partial charge in [-0.05, 0) is 31.9 Å². The first-order valence-corrected chi connectivity index (χ1v) is 8.36. The Morgan fingerprint density at radius 1 is 1.05 bits per heavy atom. The summed E-state index contributed by atoms with van der Waals surface area (Å²) in [5, 5.41) is 0. The lowest BCUT2D eigenvalue weighted by atomic mass is 9.72. The molecule has 4 nitrogen and oxygen atoms in total. The Morgan fingerprint density at radius 3 is 2.15 bits per heavy atom. The third kappa shape index (κ3) is 2.82. The van der Waals surface area contributed by atoms with Crippen LogP contribution in [-0.2, 0) is 19.4 Å². The van der Waals surface area contributed by atoms with Crippen LogP contribution >= 0.6 is 0 Å². The van der Waals surface area contributed by atoms with Crippen molar-refractivity contribution in [1.29, 1.82) is 0 Å². The van der Waals surface area contributed by atoms with Gasteiger partial charge in [-0.25, -0.2) is 8.42 Å². The second-order valence-electron chi connectivity index (χ2n) is 5.41. The monoisotopic (exact) mass is 294 g/mol. The Balaban J connectivity index is 2.15. The molecule has 1 aromatic carbocycles. The van der Waals surface area contributed by atoms with E-state index in [1.54, 1.807) is 25.1 Å². The average molecular weight is 294 g/mol. The minimum absolute atomic E-state index is 0.0713. The lowest BCUT2D eigenvalue weighted by molar-refractivity contribution is -0.142. The van der Waals surface area contributed by atoms with Gasteiger partial charge in [0.2, 0.25) is 0 Å². The Bertz CT molecular complexity index is 601. The first-order valence-electron chi connectivity index (χ1n) is 6.71. The second kappa shape index (κ2) is 5.48. The predicted octanol–water partition coefficient (Wildman–Crippen LogP) is 2.18. The lowest BCUT2D eigenvalue weighted by Crippen LogP contribution is -2.41. The van der Waals surface area contributed by atoms with Crippen LogP contribution in [0.1, 0.15) is 32.6 Å². The van der Waals surface area contributed by atoms with E-state index in [2.05, 4.69) is 0 Å². The Hall–Kier alpha value is -1.49. The largest absolute Gasteiger partial charge is 0.299 e. The molecule has 0 atom stereocenters. The predicted molar refractivity (Wildman–Crippen MR) is 75.1 cm³/mol. The first kappa shape index (κ1) is 14.9. The van der Waals surface area contributed by atoms with Crippen molar-refractivity contribution in [2.24, 2.45) is 5.41 Å². The molecule has 5 heteroatoms. The van der Waals surface area contributed by atoms with Gasteiger partial charge in [-0.3, -0.25) is 9.59 Å². The van der Waals surface area contributed by atoms with E-state index in [1.165, 1.54) is 12.1 Å². The molecule has 20 heavy (non-hydrogen) atoms. The van der Waals surface area contributed by atoms with E-state index in [0.717, 1.165) is 0 Å². The molecule has 0 N–H and O–H groups in total. The van der Waals surface area contributed by atoms with Crippen LogP contribution in [0.3, 0.4) is 0 Å². The topological polar surface area (TPSA) is 68.3 Å². The molecular weight excluding hydrogens is 276 g/mol. The molecule has 108 valence electrons. The van der Waals surface area contributed by atoms with Crippen molar-refractivity contribution in [3.63, 3.8) is 0 Å². The molecule has 0 aromatic heterocycles. The van der Waals surface area contributed by atoms with Crippen molar-refractivity contribution in [1.82, 2.24) is 0 Å². The molecule has 0 unspecified atom stereocenters. The van der Waals surface area contributed by atoms with Gasteiger partial charge in [-0.15, -0.1) is 0 Å². The van der Waals surface area contributed by atoms with Crippen molar-refractivity contribution < 1.29 is 18.0 Å². The molecule has 1 aliphatic rings. The summed E-state index contributed by atoms with van der Waals surface area (Å²) in [7, 11) is -3.45. The molecule has 0 aliphatic heterocycles. The molecule has 0 bridgehead atoms. The van der Waals surface area contributed by atoms with E-state index < -0.39 is 15.3 Å². The Labute approximate surface area is 119 Å². The zero-order chi connectivity index (χ0) is 14.8. The van der Waals surface area contributed by atoms with Gasteiger partial charge in [0.05, 0.1) is 16.1 Å². The number of carbonyl (C=O) groups excluding carboxylic acids is 2. The van der Waals surface area contributed by atoms with Crippen molar-refractivity contribution in [3.8, 4) is 0 Å². The van der Waals surface area contributed by atoms with Gasteiger partial charge >= 0.3 is 0 Å². The van der Waals surface area contributed by atoms with Crippen LogP contribution < -0.4 is 0 Å². The van der Waals surface area contributed by atoms with Gasteiger partial charge in [0.1, 0.15) is 11.6 Å². The molecule has 1 fully saturated rings. The van der Waals surface area contributed by atoms with E-state index in [-0.39, 0.29) is 28.6 Å². The maximum Gasteiger partial charge on any atom is 0.178 e. The summed E-state index contributed by atoms with van der Waals surface area (Å²) in [6.45, 7) is 1.58. The number of hydrogen-bond acceptors (Lipinski definition) is 4. The van der Waals surface area contributed by atoms with Crippen molar-refractivity contribution in [2.45, 2.75) is 37.5 Å². The molecule has 1 saturated carbocycles. The highest BCUT2D eigenvalue weighted by molar-refractivity contribution is 7.91. The lowest BCUT2D eigenvalue weighted by Gasteiger charge is -2.30. The summed E-state index contributed by atoms with van der Waals surface area (Å²) in [6.07, 6.45) is 1.39. The summed E-state index contributed by atoms with van der Waals surface area (Å²) in [4.78, 5) is 24.2. The fraction of sp³-hybridized carbons (Fsp3) is 0.467. The van der Waals surface area contributed by atoms with E-state index in [4.69, 9.17) is 0 Å². The van der Waals surface area contributed by atoms with E-state index >= 15 is 0 Å². The summed E-state index contributed by atoms with van der Waals surface area (Å²) < 4.78 is 24.4. The zero-order valence-corrected chi connectivity index (χ0v) is 12.3. The first-order chi connectivity index (χ1) is 9.36. The van der Waals surface area contributed by atoms with Crippen LogP contribution in [0.2, 0.25) is 0 Å². The molecule has 0 spiro atoms. The van der Waals surface area contributed by atoms with E-state index in [9.17, 15) is 18.0 Å². The minimum atomic E-state index is -3.45. The van der Waals surface area contributed by atoms with Crippen LogP contribution in [0.5, 0.6) is 0 Å². The number of ketones is 2. The fourth-order valence-corrected chi connectivity index (χ4v) is 3.96. The van der Waals surface area contributed by atoms with Gasteiger partial charge < -0.3 is 0 Å². The summed E-state index contributed by atoms with van der Waals surface area (Å²) >= 11 is 0.